The Balaban J connectivity index is 2.65. The Morgan fingerprint density at radius 1 is 1.23 bits per heavy atom. The highest BCUT2D eigenvalue weighted by atomic mass is 32.2. The van der Waals surface area contributed by atoms with E-state index in [1.54, 1.807) is 25.1 Å². The molecule has 0 spiro atoms. The number of benzene rings is 1. The number of hydrogen-bond donors (Lipinski definition) is 0. The SMILES string of the molecule is CCOc1ccc(C(C)(C)C)cc1S(=O)(=O)n1ccc(C)n1. The minimum Gasteiger partial charge on any atom is -0.492 e. The Hall–Kier alpha value is -1.82. The van der Waals surface area contributed by atoms with E-state index in [-0.39, 0.29) is 10.3 Å². The molecule has 22 heavy (non-hydrogen) atoms. The number of nitrogens with zero attached hydrogens (tertiary/aromatic N) is 2. The van der Waals surface area contributed by atoms with Crippen molar-refractivity contribution >= 4 is 10.0 Å². The van der Waals surface area contributed by atoms with Crippen LogP contribution in [0.2, 0.25) is 0 Å². The van der Waals surface area contributed by atoms with E-state index < -0.39 is 10.0 Å². The summed E-state index contributed by atoms with van der Waals surface area (Å²) in [5, 5.41) is 4.02. The van der Waals surface area contributed by atoms with Crippen molar-refractivity contribution in [2.24, 2.45) is 0 Å². The monoisotopic (exact) mass is 322 g/mol. The summed E-state index contributed by atoms with van der Waals surface area (Å²) >= 11 is 0. The first-order valence-electron chi connectivity index (χ1n) is 7.21. The van der Waals surface area contributed by atoms with E-state index in [1.165, 1.54) is 6.20 Å². The standard InChI is InChI=1S/C16H22N2O3S/c1-6-21-14-8-7-13(16(3,4)5)11-15(14)22(19,20)18-10-9-12(2)17-18/h7-11H,6H2,1-5H3. The van der Waals surface area contributed by atoms with Gasteiger partial charge in [-0.05, 0) is 43.0 Å². The van der Waals surface area contributed by atoms with Gasteiger partial charge < -0.3 is 4.74 Å². The molecule has 0 saturated carbocycles. The molecule has 0 atom stereocenters. The normalized spacial score (nSPS) is 12.4. The number of aryl methyl sites for hydroxylation is 1. The molecule has 0 radical (unpaired) electrons. The van der Waals surface area contributed by atoms with Crippen LogP contribution in [0.3, 0.4) is 0 Å². The van der Waals surface area contributed by atoms with Crippen LogP contribution in [0.1, 0.15) is 39.0 Å². The lowest BCUT2D eigenvalue weighted by Crippen LogP contribution is -2.18. The highest BCUT2D eigenvalue weighted by Crippen LogP contribution is 2.32. The maximum atomic E-state index is 12.8. The summed E-state index contributed by atoms with van der Waals surface area (Å²) in [7, 11) is -3.77. The molecule has 0 fully saturated rings. The minimum absolute atomic E-state index is 0.143. The molecule has 5 nitrogen and oxygen atoms in total. The summed E-state index contributed by atoms with van der Waals surface area (Å²) in [6.07, 6.45) is 1.45. The van der Waals surface area contributed by atoms with Gasteiger partial charge in [0, 0.05) is 6.20 Å². The summed E-state index contributed by atoms with van der Waals surface area (Å²) < 4.78 is 32.2. The second-order valence-corrected chi connectivity index (χ2v) is 7.94. The van der Waals surface area contributed by atoms with Gasteiger partial charge in [-0.25, -0.2) is 0 Å². The van der Waals surface area contributed by atoms with Crippen LogP contribution in [-0.2, 0) is 15.4 Å². The van der Waals surface area contributed by atoms with Crippen molar-refractivity contribution < 1.29 is 13.2 Å². The van der Waals surface area contributed by atoms with Crippen LogP contribution in [0, 0.1) is 6.92 Å². The zero-order valence-electron chi connectivity index (χ0n) is 13.6. The van der Waals surface area contributed by atoms with Crippen LogP contribution in [0.25, 0.3) is 0 Å². The van der Waals surface area contributed by atoms with Crippen LogP contribution >= 0.6 is 0 Å². The van der Waals surface area contributed by atoms with Gasteiger partial charge in [-0.15, -0.1) is 0 Å². The summed E-state index contributed by atoms with van der Waals surface area (Å²) in [5.74, 6) is 0.351. The average molecular weight is 322 g/mol. The molecule has 0 aliphatic carbocycles. The van der Waals surface area contributed by atoms with E-state index in [2.05, 4.69) is 5.10 Å². The predicted octanol–water partition coefficient (Wildman–Crippen LogP) is 3.12. The van der Waals surface area contributed by atoms with Crippen LogP contribution in [-0.4, -0.2) is 24.2 Å². The quantitative estimate of drug-likeness (QED) is 0.867. The van der Waals surface area contributed by atoms with Crippen molar-refractivity contribution in [2.45, 2.75) is 44.9 Å². The van der Waals surface area contributed by atoms with E-state index in [4.69, 9.17) is 4.74 Å². The van der Waals surface area contributed by atoms with Gasteiger partial charge in [0.25, 0.3) is 10.0 Å². The van der Waals surface area contributed by atoms with E-state index in [0.717, 1.165) is 9.65 Å². The van der Waals surface area contributed by atoms with Gasteiger partial charge in [0.15, 0.2) is 0 Å². The molecule has 0 amide bonds. The third kappa shape index (κ3) is 3.16. The zero-order chi connectivity index (χ0) is 16.5. The lowest BCUT2D eigenvalue weighted by Gasteiger charge is -2.21. The van der Waals surface area contributed by atoms with Gasteiger partial charge in [-0.3, -0.25) is 0 Å². The molecule has 120 valence electrons. The van der Waals surface area contributed by atoms with Gasteiger partial charge in [-0.2, -0.15) is 17.6 Å². The van der Waals surface area contributed by atoms with E-state index in [9.17, 15) is 8.42 Å². The van der Waals surface area contributed by atoms with E-state index >= 15 is 0 Å². The molecule has 1 aromatic carbocycles. The van der Waals surface area contributed by atoms with Crippen molar-refractivity contribution in [3.05, 3.63) is 41.7 Å². The topological polar surface area (TPSA) is 61.2 Å². The summed E-state index contributed by atoms with van der Waals surface area (Å²) in [4.78, 5) is 0.143. The Bertz CT molecular complexity index is 771. The molecule has 0 unspecified atom stereocenters. The van der Waals surface area contributed by atoms with Gasteiger partial charge >= 0.3 is 0 Å². The van der Waals surface area contributed by atoms with Crippen molar-refractivity contribution in [2.75, 3.05) is 6.61 Å². The second kappa shape index (κ2) is 5.76. The average Bonchev–Trinajstić information content (AvgIpc) is 2.85. The number of hydrogen-bond acceptors (Lipinski definition) is 4. The number of aromatic nitrogens is 2. The molecule has 0 N–H and O–H groups in total. The highest BCUT2D eigenvalue weighted by Gasteiger charge is 2.25. The molecule has 1 heterocycles. The number of rotatable bonds is 4. The van der Waals surface area contributed by atoms with Crippen molar-refractivity contribution in [1.82, 2.24) is 9.19 Å². The Labute approximate surface area is 132 Å². The van der Waals surface area contributed by atoms with Gasteiger partial charge in [0.1, 0.15) is 10.6 Å². The fourth-order valence-corrected chi connectivity index (χ4v) is 3.40. The first-order chi connectivity index (χ1) is 10.2. The molecule has 0 saturated heterocycles. The predicted molar refractivity (Wildman–Crippen MR) is 85.9 cm³/mol. The fraction of sp³-hybridized carbons (Fsp3) is 0.438. The van der Waals surface area contributed by atoms with Crippen molar-refractivity contribution in [3.63, 3.8) is 0 Å². The summed E-state index contributed by atoms with van der Waals surface area (Å²) in [5.41, 5.74) is 1.42. The summed E-state index contributed by atoms with van der Waals surface area (Å²) in [6, 6.07) is 6.95. The lowest BCUT2D eigenvalue weighted by atomic mass is 9.87. The van der Waals surface area contributed by atoms with Gasteiger partial charge in [0.05, 0.1) is 12.3 Å². The molecule has 0 aliphatic heterocycles. The summed E-state index contributed by atoms with van der Waals surface area (Å²) in [6.45, 7) is 10.1. The molecule has 2 rings (SSSR count). The number of ether oxygens (including phenoxy) is 1. The molecule has 0 bridgehead atoms. The van der Waals surface area contributed by atoms with Gasteiger partial charge in [0.2, 0.25) is 0 Å². The molecule has 2 aromatic rings. The first-order valence-corrected chi connectivity index (χ1v) is 8.65. The third-order valence-electron chi connectivity index (χ3n) is 3.33. The largest absolute Gasteiger partial charge is 0.492 e. The minimum atomic E-state index is -3.77. The second-order valence-electron chi connectivity index (χ2n) is 6.18. The molecule has 1 aromatic heterocycles. The zero-order valence-corrected chi connectivity index (χ0v) is 14.4. The van der Waals surface area contributed by atoms with Crippen LogP contribution < -0.4 is 4.74 Å². The van der Waals surface area contributed by atoms with Crippen LogP contribution in [0.5, 0.6) is 5.75 Å². The Kier molecular flexibility index (Phi) is 4.33. The smallest absolute Gasteiger partial charge is 0.286 e. The van der Waals surface area contributed by atoms with Gasteiger partial charge in [-0.1, -0.05) is 26.8 Å². The third-order valence-corrected chi connectivity index (χ3v) is 4.90. The lowest BCUT2D eigenvalue weighted by molar-refractivity contribution is 0.330. The molecule has 6 heteroatoms. The van der Waals surface area contributed by atoms with Crippen molar-refractivity contribution in [1.29, 1.82) is 0 Å². The molecule has 0 aliphatic rings. The van der Waals surface area contributed by atoms with Crippen molar-refractivity contribution in [3.8, 4) is 5.75 Å². The Morgan fingerprint density at radius 3 is 2.41 bits per heavy atom. The van der Waals surface area contributed by atoms with E-state index in [0.29, 0.717) is 18.1 Å². The van der Waals surface area contributed by atoms with Crippen LogP contribution in [0.4, 0.5) is 0 Å². The highest BCUT2D eigenvalue weighted by molar-refractivity contribution is 7.90. The van der Waals surface area contributed by atoms with E-state index in [1.807, 2.05) is 33.8 Å². The van der Waals surface area contributed by atoms with Crippen LogP contribution in [0.15, 0.2) is 35.4 Å². The fourth-order valence-electron chi connectivity index (χ4n) is 2.08. The maximum absolute atomic E-state index is 12.8. The Morgan fingerprint density at radius 2 is 1.91 bits per heavy atom. The molecular formula is C16H22N2O3S. The molecular weight excluding hydrogens is 300 g/mol. The maximum Gasteiger partial charge on any atom is 0.286 e. The first kappa shape index (κ1) is 16.5.